The van der Waals surface area contributed by atoms with Crippen molar-refractivity contribution in [2.75, 3.05) is 16.8 Å². The van der Waals surface area contributed by atoms with Gasteiger partial charge in [-0.05, 0) is 42.7 Å². The van der Waals surface area contributed by atoms with E-state index in [1.54, 1.807) is 18.5 Å². The number of anilines is 4. The topological polar surface area (TPSA) is 64.8 Å². The van der Waals surface area contributed by atoms with Gasteiger partial charge in [0.25, 0.3) is 0 Å². The number of benzene rings is 2. The van der Waals surface area contributed by atoms with Gasteiger partial charge < -0.3 is 10.2 Å². The van der Waals surface area contributed by atoms with Crippen molar-refractivity contribution in [1.82, 2.24) is 9.97 Å². The van der Waals surface area contributed by atoms with Gasteiger partial charge in [0.1, 0.15) is 18.0 Å². The van der Waals surface area contributed by atoms with Crippen LogP contribution in [0.5, 0.6) is 0 Å². The fourth-order valence-corrected chi connectivity index (χ4v) is 3.15. The second-order valence-electron chi connectivity index (χ2n) is 5.96. The van der Waals surface area contributed by atoms with E-state index in [-0.39, 0.29) is 0 Å². The molecule has 122 valence electrons. The van der Waals surface area contributed by atoms with Gasteiger partial charge in [-0.3, -0.25) is 0 Å². The molecule has 0 atom stereocenters. The minimum atomic E-state index is 0.615. The Labute approximate surface area is 146 Å². The number of aromatic nitrogens is 2. The Kier molecular flexibility index (Phi) is 4.01. The third kappa shape index (κ3) is 3.15. The number of para-hydroxylation sites is 1. The fourth-order valence-electron chi connectivity index (χ4n) is 3.15. The minimum Gasteiger partial charge on any atom is -0.340 e. The Morgan fingerprint density at radius 1 is 1.04 bits per heavy atom. The van der Waals surface area contributed by atoms with Gasteiger partial charge in [-0.25, -0.2) is 9.97 Å². The molecule has 0 fully saturated rings. The van der Waals surface area contributed by atoms with Gasteiger partial charge in [-0.2, -0.15) is 5.26 Å². The molecule has 3 aromatic rings. The van der Waals surface area contributed by atoms with E-state index in [0.717, 1.165) is 30.9 Å². The van der Waals surface area contributed by atoms with Crippen LogP contribution in [0.1, 0.15) is 17.5 Å². The van der Waals surface area contributed by atoms with Gasteiger partial charge >= 0.3 is 0 Å². The standard InChI is InChI=1S/C20H17N5/c21-13-15-5-3-8-17(11-15)24-19-12-20(23-14-22-19)25-10-4-7-16-6-1-2-9-18(16)25/h1-3,5-6,8-9,11-12,14H,4,7,10H2,(H,22,23,24). The van der Waals surface area contributed by atoms with E-state index < -0.39 is 0 Å². The molecule has 0 bridgehead atoms. The van der Waals surface area contributed by atoms with Crippen LogP contribution < -0.4 is 10.2 Å². The summed E-state index contributed by atoms with van der Waals surface area (Å²) >= 11 is 0. The van der Waals surface area contributed by atoms with E-state index in [2.05, 4.69) is 50.5 Å². The van der Waals surface area contributed by atoms with E-state index >= 15 is 0 Å². The van der Waals surface area contributed by atoms with Crippen LogP contribution in [-0.2, 0) is 6.42 Å². The van der Waals surface area contributed by atoms with Crippen LogP contribution in [0, 0.1) is 11.3 Å². The average Bonchev–Trinajstić information content (AvgIpc) is 2.68. The molecular formula is C20H17N5. The van der Waals surface area contributed by atoms with E-state index in [1.165, 1.54) is 11.3 Å². The molecule has 1 aliphatic rings. The lowest BCUT2D eigenvalue weighted by molar-refractivity contribution is 0.758. The van der Waals surface area contributed by atoms with Crippen LogP contribution in [0.25, 0.3) is 0 Å². The molecule has 0 radical (unpaired) electrons. The van der Waals surface area contributed by atoms with Crippen molar-refractivity contribution in [3.05, 3.63) is 72.1 Å². The van der Waals surface area contributed by atoms with E-state index in [9.17, 15) is 0 Å². The Morgan fingerprint density at radius 2 is 1.96 bits per heavy atom. The molecule has 0 saturated carbocycles. The number of nitrogens with one attached hydrogen (secondary N) is 1. The summed E-state index contributed by atoms with van der Waals surface area (Å²) in [5, 5.41) is 12.3. The first-order valence-corrected chi connectivity index (χ1v) is 8.28. The summed E-state index contributed by atoms with van der Waals surface area (Å²) in [5.41, 5.74) is 4.01. The number of nitriles is 1. The molecular weight excluding hydrogens is 310 g/mol. The highest BCUT2D eigenvalue weighted by atomic mass is 15.2. The quantitative estimate of drug-likeness (QED) is 0.782. The van der Waals surface area contributed by atoms with Crippen molar-refractivity contribution in [3.63, 3.8) is 0 Å². The van der Waals surface area contributed by atoms with Crippen molar-refractivity contribution in [1.29, 1.82) is 5.26 Å². The lowest BCUT2D eigenvalue weighted by Gasteiger charge is -2.30. The van der Waals surface area contributed by atoms with Crippen LogP contribution in [0.15, 0.2) is 60.9 Å². The first-order chi connectivity index (χ1) is 12.3. The molecule has 0 spiro atoms. The van der Waals surface area contributed by atoms with Gasteiger partial charge in [0.15, 0.2) is 0 Å². The monoisotopic (exact) mass is 327 g/mol. The third-order valence-corrected chi connectivity index (χ3v) is 4.30. The number of nitrogens with zero attached hydrogens (tertiary/aromatic N) is 4. The molecule has 2 heterocycles. The fraction of sp³-hybridized carbons (Fsp3) is 0.150. The minimum absolute atomic E-state index is 0.615. The van der Waals surface area contributed by atoms with Crippen molar-refractivity contribution in [3.8, 4) is 6.07 Å². The average molecular weight is 327 g/mol. The summed E-state index contributed by atoms with van der Waals surface area (Å²) in [6.45, 7) is 0.942. The number of aryl methyl sites for hydroxylation is 1. The Morgan fingerprint density at radius 3 is 2.88 bits per heavy atom. The number of fused-ring (bicyclic) bond motifs is 1. The second kappa shape index (κ2) is 6.62. The predicted molar refractivity (Wildman–Crippen MR) is 98.2 cm³/mol. The van der Waals surface area contributed by atoms with Crippen LogP contribution >= 0.6 is 0 Å². The molecule has 0 unspecified atom stereocenters. The highest BCUT2D eigenvalue weighted by molar-refractivity contribution is 5.68. The van der Waals surface area contributed by atoms with Gasteiger partial charge in [0, 0.05) is 24.0 Å². The van der Waals surface area contributed by atoms with Gasteiger partial charge in [0.05, 0.1) is 11.6 Å². The van der Waals surface area contributed by atoms with Crippen molar-refractivity contribution in [2.24, 2.45) is 0 Å². The van der Waals surface area contributed by atoms with Crippen LogP contribution in [-0.4, -0.2) is 16.5 Å². The van der Waals surface area contributed by atoms with Gasteiger partial charge in [0.2, 0.25) is 0 Å². The summed E-state index contributed by atoms with van der Waals surface area (Å²) in [7, 11) is 0. The molecule has 0 saturated heterocycles. The lowest BCUT2D eigenvalue weighted by Crippen LogP contribution is -2.25. The Bertz CT molecular complexity index is 945. The van der Waals surface area contributed by atoms with E-state index in [0.29, 0.717) is 11.4 Å². The third-order valence-electron chi connectivity index (χ3n) is 4.30. The highest BCUT2D eigenvalue weighted by Crippen LogP contribution is 2.32. The normalized spacial score (nSPS) is 13.0. The molecule has 0 amide bonds. The van der Waals surface area contributed by atoms with Gasteiger partial charge in [-0.15, -0.1) is 0 Å². The summed E-state index contributed by atoms with van der Waals surface area (Å²) in [5.74, 6) is 1.59. The molecule has 0 aliphatic carbocycles. The molecule has 2 aromatic carbocycles. The number of rotatable bonds is 3. The molecule has 1 N–H and O–H groups in total. The maximum Gasteiger partial charge on any atom is 0.138 e. The summed E-state index contributed by atoms with van der Waals surface area (Å²) in [6, 6.07) is 19.9. The number of hydrogen-bond donors (Lipinski definition) is 1. The molecule has 5 heteroatoms. The van der Waals surface area contributed by atoms with E-state index in [1.807, 2.05) is 18.2 Å². The SMILES string of the molecule is N#Cc1cccc(Nc2cc(N3CCCc4ccccc43)ncn2)c1. The smallest absolute Gasteiger partial charge is 0.138 e. The maximum absolute atomic E-state index is 9.03. The Hall–Kier alpha value is -3.39. The highest BCUT2D eigenvalue weighted by Gasteiger charge is 2.19. The lowest BCUT2D eigenvalue weighted by atomic mass is 10.0. The first kappa shape index (κ1) is 15.2. The first-order valence-electron chi connectivity index (χ1n) is 8.28. The largest absolute Gasteiger partial charge is 0.340 e. The predicted octanol–water partition coefficient (Wildman–Crippen LogP) is 4.18. The molecule has 25 heavy (non-hydrogen) atoms. The molecule has 5 nitrogen and oxygen atoms in total. The van der Waals surface area contributed by atoms with Crippen LogP contribution in [0.2, 0.25) is 0 Å². The van der Waals surface area contributed by atoms with E-state index in [4.69, 9.17) is 5.26 Å². The second-order valence-corrected chi connectivity index (χ2v) is 5.96. The molecule has 1 aliphatic heterocycles. The number of hydrogen-bond acceptors (Lipinski definition) is 5. The van der Waals surface area contributed by atoms with Crippen LogP contribution in [0.3, 0.4) is 0 Å². The Balaban J connectivity index is 1.63. The van der Waals surface area contributed by atoms with Crippen molar-refractivity contribution < 1.29 is 0 Å². The molecule has 1 aromatic heterocycles. The maximum atomic E-state index is 9.03. The zero-order chi connectivity index (χ0) is 17.1. The summed E-state index contributed by atoms with van der Waals surface area (Å²) in [6.07, 6.45) is 3.78. The van der Waals surface area contributed by atoms with Crippen molar-refractivity contribution >= 4 is 23.0 Å². The zero-order valence-electron chi connectivity index (χ0n) is 13.7. The van der Waals surface area contributed by atoms with Crippen molar-refractivity contribution in [2.45, 2.75) is 12.8 Å². The molecule has 4 rings (SSSR count). The zero-order valence-corrected chi connectivity index (χ0v) is 13.7. The van der Waals surface area contributed by atoms with Gasteiger partial charge in [-0.1, -0.05) is 24.3 Å². The summed E-state index contributed by atoms with van der Waals surface area (Å²) < 4.78 is 0. The van der Waals surface area contributed by atoms with Crippen LogP contribution in [0.4, 0.5) is 23.0 Å². The summed E-state index contributed by atoms with van der Waals surface area (Å²) in [4.78, 5) is 11.0.